The first-order valence-electron chi connectivity index (χ1n) is 7.57. The van der Waals surface area contributed by atoms with Crippen molar-refractivity contribution in [3.8, 4) is 11.5 Å². The molecule has 0 spiro atoms. The molecule has 1 amide bonds. The second kappa shape index (κ2) is 8.03. The van der Waals surface area contributed by atoms with Crippen molar-refractivity contribution in [3.63, 3.8) is 0 Å². The minimum absolute atomic E-state index is 0.0438. The summed E-state index contributed by atoms with van der Waals surface area (Å²) >= 11 is 11.5. The number of aromatic nitrogens is 2. The predicted octanol–water partition coefficient (Wildman–Crippen LogP) is 3.98. The standard InChI is InChI=1S/C18H13Cl2N3O3/c19-15-10-21-23(18(25)17(15)20)11-16(24)22-12-6-8-14(9-7-12)26-13-4-2-1-3-5-13/h1-10H,11H2,(H,22,24). The number of nitrogens with zero attached hydrogens (tertiary/aromatic N) is 2. The molecule has 26 heavy (non-hydrogen) atoms. The van der Waals surface area contributed by atoms with E-state index in [0.29, 0.717) is 17.2 Å². The molecule has 0 saturated carbocycles. The number of nitrogens with one attached hydrogen (secondary N) is 1. The van der Waals surface area contributed by atoms with Crippen LogP contribution in [0.2, 0.25) is 10.0 Å². The molecule has 6 nitrogen and oxygen atoms in total. The van der Waals surface area contributed by atoms with Gasteiger partial charge in [0, 0.05) is 5.69 Å². The van der Waals surface area contributed by atoms with Crippen LogP contribution in [0.4, 0.5) is 5.69 Å². The fourth-order valence-electron chi connectivity index (χ4n) is 2.13. The van der Waals surface area contributed by atoms with E-state index in [1.807, 2.05) is 30.3 Å². The molecule has 1 heterocycles. The van der Waals surface area contributed by atoms with Crippen LogP contribution >= 0.6 is 23.2 Å². The molecule has 1 N–H and O–H groups in total. The molecule has 8 heteroatoms. The number of ether oxygens (including phenoxy) is 1. The van der Waals surface area contributed by atoms with Crippen LogP contribution in [0.25, 0.3) is 0 Å². The van der Waals surface area contributed by atoms with Gasteiger partial charge in [-0.15, -0.1) is 0 Å². The summed E-state index contributed by atoms with van der Waals surface area (Å²) in [6.45, 7) is -0.280. The third kappa shape index (κ3) is 4.41. The maximum atomic E-state index is 12.1. The van der Waals surface area contributed by atoms with Crippen LogP contribution in [0, 0.1) is 0 Å². The molecular formula is C18H13Cl2N3O3. The van der Waals surface area contributed by atoms with Gasteiger partial charge in [0.25, 0.3) is 5.56 Å². The fraction of sp³-hybridized carbons (Fsp3) is 0.0556. The van der Waals surface area contributed by atoms with Gasteiger partial charge in [-0.05, 0) is 36.4 Å². The van der Waals surface area contributed by atoms with Gasteiger partial charge in [-0.25, -0.2) is 4.68 Å². The molecule has 0 radical (unpaired) electrons. The van der Waals surface area contributed by atoms with Crippen LogP contribution in [0.1, 0.15) is 0 Å². The van der Waals surface area contributed by atoms with Crippen molar-refractivity contribution in [2.24, 2.45) is 0 Å². The van der Waals surface area contributed by atoms with Crippen molar-refractivity contribution in [2.75, 3.05) is 5.32 Å². The first kappa shape index (κ1) is 18.0. The van der Waals surface area contributed by atoms with Gasteiger partial charge >= 0.3 is 0 Å². The molecule has 0 aliphatic heterocycles. The van der Waals surface area contributed by atoms with Crippen LogP contribution in [-0.4, -0.2) is 15.7 Å². The number of carbonyl (C=O) groups is 1. The Bertz CT molecular complexity index is 973. The van der Waals surface area contributed by atoms with Crippen LogP contribution in [0.5, 0.6) is 11.5 Å². The van der Waals surface area contributed by atoms with E-state index >= 15 is 0 Å². The maximum Gasteiger partial charge on any atom is 0.287 e. The third-order valence-electron chi connectivity index (χ3n) is 3.35. The lowest BCUT2D eigenvalue weighted by Crippen LogP contribution is -2.29. The summed E-state index contributed by atoms with van der Waals surface area (Å²) in [6, 6.07) is 16.2. The zero-order valence-corrected chi connectivity index (χ0v) is 14.9. The van der Waals surface area contributed by atoms with E-state index in [1.54, 1.807) is 24.3 Å². The smallest absolute Gasteiger partial charge is 0.287 e. The van der Waals surface area contributed by atoms with Crippen molar-refractivity contribution in [2.45, 2.75) is 6.54 Å². The van der Waals surface area contributed by atoms with Crippen LogP contribution < -0.4 is 15.6 Å². The number of rotatable bonds is 5. The molecule has 2 aromatic carbocycles. The summed E-state index contributed by atoms with van der Waals surface area (Å²) < 4.78 is 6.62. The van der Waals surface area contributed by atoms with Gasteiger partial charge in [0.2, 0.25) is 5.91 Å². The summed E-state index contributed by atoms with van der Waals surface area (Å²) in [4.78, 5) is 24.0. The van der Waals surface area contributed by atoms with E-state index < -0.39 is 11.5 Å². The van der Waals surface area contributed by atoms with E-state index in [0.717, 1.165) is 4.68 Å². The molecule has 0 aliphatic rings. The Morgan fingerprint density at radius 2 is 1.69 bits per heavy atom. The first-order chi connectivity index (χ1) is 12.5. The highest BCUT2D eigenvalue weighted by atomic mass is 35.5. The molecule has 0 unspecified atom stereocenters. The van der Waals surface area contributed by atoms with E-state index in [2.05, 4.69) is 10.4 Å². The van der Waals surface area contributed by atoms with Gasteiger partial charge in [0.15, 0.2) is 0 Å². The van der Waals surface area contributed by atoms with Crippen molar-refractivity contribution in [3.05, 3.63) is 81.2 Å². The SMILES string of the molecule is O=C(Cn1ncc(Cl)c(Cl)c1=O)Nc1ccc(Oc2ccccc2)cc1. The Morgan fingerprint density at radius 3 is 2.38 bits per heavy atom. The Kier molecular flexibility index (Phi) is 5.55. The van der Waals surface area contributed by atoms with Gasteiger partial charge in [0.1, 0.15) is 23.1 Å². The van der Waals surface area contributed by atoms with E-state index in [1.165, 1.54) is 6.20 Å². The quantitative estimate of drug-likeness (QED) is 0.715. The van der Waals surface area contributed by atoms with Gasteiger partial charge in [0.05, 0.1) is 11.2 Å². The van der Waals surface area contributed by atoms with E-state index in [4.69, 9.17) is 27.9 Å². The monoisotopic (exact) mass is 389 g/mol. The number of benzene rings is 2. The molecule has 3 rings (SSSR count). The lowest BCUT2D eigenvalue weighted by Gasteiger charge is -2.09. The van der Waals surface area contributed by atoms with Crippen LogP contribution in [0.3, 0.4) is 0 Å². The van der Waals surface area contributed by atoms with E-state index in [9.17, 15) is 9.59 Å². The Morgan fingerprint density at radius 1 is 1.04 bits per heavy atom. The van der Waals surface area contributed by atoms with Gasteiger partial charge in [-0.3, -0.25) is 9.59 Å². The average molecular weight is 390 g/mol. The number of halogens is 2. The topological polar surface area (TPSA) is 73.2 Å². The highest BCUT2D eigenvalue weighted by Gasteiger charge is 2.11. The molecule has 0 saturated heterocycles. The number of hydrogen-bond acceptors (Lipinski definition) is 4. The molecule has 1 aromatic heterocycles. The van der Waals surface area contributed by atoms with Crippen molar-refractivity contribution < 1.29 is 9.53 Å². The van der Waals surface area contributed by atoms with Gasteiger partial charge < -0.3 is 10.1 Å². The molecule has 0 bridgehead atoms. The fourth-order valence-corrected chi connectivity index (χ4v) is 2.40. The molecule has 132 valence electrons. The summed E-state index contributed by atoms with van der Waals surface area (Å²) in [5.74, 6) is 0.931. The molecule has 0 atom stereocenters. The normalized spacial score (nSPS) is 10.4. The molecule has 0 fully saturated rings. The highest BCUT2D eigenvalue weighted by molar-refractivity contribution is 6.41. The Labute approximate surface area is 158 Å². The summed E-state index contributed by atoms with van der Waals surface area (Å²) in [5, 5.41) is 6.33. The number of anilines is 1. The number of carbonyl (C=O) groups excluding carboxylic acids is 1. The summed E-state index contributed by atoms with van der Waals surface area (Å²) in [6.07, 6.45) is 1.22. The van der Waals surface area contributed by atoms with Gasteiger partial charge in [-0.1, -0.05) is 41.4 Å². The maximum absolute atomic E-state index is 12.1. The number of amides is 1. The van der Waals surface area contributed by atoms with Crippen molar-refractivity contribution in [1.29, 1.82) is 0 Å². The highest BCUT2D eigenvalue weighted by Crippen LogP contribution is 2.22. The van der Waals surface area contributed by atoms with Crippen molar-refractivity contribution in [1.82, 2.24) is 9.78 Å². The minimum Gasteiger partial charge on any atom is -0.457 e. The zero-order valence-electron chi connectivity index (χ0n) is 13.4. The number of para-hydroxylation sites is 1. The van der Waals surface area contributed by atoms with Crippen LogP contribution in [0.15, 0.2) is 65.6 Å². The second-order valence-corrected chi connectivity index (χ2v) is 6.04. The summed E-state index contributed by atoms with van der Waals surface area (Å²) in [5.41, 5.74) is -0.0653. The third-order valence-corrected chi connectivity index (χ3v) is 4.10. The Balaban J connectivity index is 1.63. The average Bonchev–Trinajstić information content (AvgIpc) is 2.65. The summed E-state index contributed by atoms with van der Waals surface area (Å²) in [7, 11) is 0. The second-order valence-electron chi connectivity index (χ2n) is 5.26. The predicted molar refractivity (Wildman–Crippen MR) is 100 cm³/mol. The molecule has 3 aromatic rings. The zero-order chi connectivity index (χ0) is 18.5. The van der Waals surface area contributed by atoms with Crippen molar-refractivity contribution >= 4 is 34.8 Å². The lowest BCUT2D eigenvalue weighted by molar-refractivity contribution is -0.117. The molecule has 0 aliphatic carbocycles. The van der Waals surface area contributed by atoms with Crippen LogP contribution in [-0.2, 0) is 11.3 Å². The largest absolute Gasteiger partial charge is 0.457 e. The van der Waals surface area contributed by atoms with E-state index in [-0.39, 0.29) is 16.6 Å². The minimum atomic E-state index is -0.624. The first-order valence-corrected chi connectivity index (χ1v) is 8.32. The number of hydrogen-bond donors (Lipinski definition) is 1. The lowest BCUT2D eigenvalue weighted by atomic mass is 10.3. The molecular weight excluding hydrogens is 377 g/mol. The van der Waals surface area contributed by atoms with Gasteiger partial charge in [-0.2, -0.15) is 5.10 Å². The Hall–Kier alpha value is -2.83.